The van der Waals surface area contributed by atoms with Gasteiger partial charge in [0.15, 0.2) is 0 Å². The van der Waals surface area contributed by atoms with Crippen LogP contribution in [0, 0.1) is 17.0 Å². The van der Waals surface area contributed by atoms with Crippen molar-refractivity contribution in [3.05, 3.63) is 58.1 Å². The number of hydrogen-bond acceptors (Lipinski definition) is 5. The van der Waals surface area contributed by atoms with Crippen LogP contribution in [-0.4, -0.2) is 23.7 Å². The standard InChI is InChI=1S/C16H16N2O4S/c1-11-14(7-4-8-15(11)18(20)21)17-16(19)10-23-13-6-3-5-12(9-13)22-2/h3-9H,10H2,1-2H3,(H,17,19). The number of thioether (sulfide) groups is 1. The van der Waals surface area contributed by atoms with Crippen LogP contribution in [0.5, 0.6) is 5.75 Å². The Bertz CT molecular complexity index is 734. The largest absolute Gasteiger partial charge is 0.497 e. The van der Waals surface area contributed by atoms with E-state index in [9.17, 15) is 14.9 Å². The zero-order valence-corrected chi connectivity index (χ0v) is 13.6. The molecule has 2 rings (SSSR count). The first-order valence-corrected chi connectivity index (χ1v) is 7.80. The lowest BCUT2D eigenvalue weighted by atomic mass is 10.1. The predicted octanol–water partition coefficient (Wildman–Crippen LogP) is 3.64. The van der Waals surface area contributed by atoms with Crippen molar-refractivity contribution in [1.82, 2.24) is 0 Å². The van der Waals surface area contributed by atoms with E-state index in [0.717, 1.165) is 10.6 Å². The Kier molecular flexibility index (Phi) is 5.59. The quantitative estimate of drug-likeness (QED) is 0.496. The summed E-state index contributed by atoms with van der Waals surface area (Å²) < 4.78 is 5.13. The van der Waals surface area contributed by atoms with Gasteiger partial charge in [0.1, 0.15) is 5.75 Å². The number of nitro groups is 1. The monoisotopic (exact) mass is 332 g/mol. The Hall–Kier alpha value is -2.54. The molecule has 0 aliphatic heterocycles. The van der Waals surface area contributed by atoms with Gasteiger partial charge in [0.2, 0.25) is 5.91 Å². The molecule has 0 atom stereocenters. The normalized spacial score (nSPS) is 10.2. The van der Waals surface area contributed by atoms with Crippen molar-refractivity contribution < 1.29 is 14.5 Å². The van der Waals surface area contributed by atoms with E-state index < -0.39 is 4.92 Å². The number of hydrogen-bond donors (Lipinski definition) is 1. The molecular weight excluding hydrogens is 316 g/mol. The fourth-order valence-corrected chi connectivity index (χ4v) is 2.73. The number of amides is 1. The van der Waals surface area contributed by atoms with E-state index in [-0.39, 0.29) is 17.3 Å². The average Bonchev–Trinajstić information content (AvgIpc) is 2.55. The van der Waals surface area contributed by atoms with Gasteiger partial charge in [-0.25, -0.2) is 0 Å². The number of ether oxygens (including phenoxy) is 1. The molecule has 0 heterocycles. The van der Waals surface area contributed by atoms with Crippen LogP contribution in [0.25, 0.3) is 0 Å². The van der Waals surface area contributed by atoms with E-state index >= 15 is 0 Å². The van der Waals surface area contributed by atoms with Crippen LogP contribution < -0.4 is 10.1 Å². The molecule has 2 aromatic rings. The lowest BCUT2D eigenvalue weighted by Gasteiger charge is -2.09. The molecule has 0 bridgehead atoms. The molecule has 1 N–H and O–H groups in total. The number of carbonyl (C=O) groups is 1. The summed E-state index contributed by atoms with van der Waals surface area (Å²) >= 11 is 1.37. The van der Waals surface area contributed by atoms with Gasteiger partial charge >= 0.3 is 0 Å². The molecule has 23 heavy (non-hydrogen) atoms. The molecule has 0 aliphatic carbocycles. The second-order valence-corrected chi connectivity index (χ2v) is 5.77. The maximum absolute atomic E-state index is 12.0. The summed E-state index contributed by atoms with van der Waals surface area (Å²) in [6.07, 6.45) is 0. The van der Waals surface area contributed by atoms with Crippen molar-refractivity contribution in [2.45, 2.75) is 11.8 Å². The minimum atomic E-state index is -0.462. The van der Waals surface area contributed by atoms with Gasteiger partial charge in [0.25, 0.3) is 5.69 Å². The number of nitro benzene ring substituents is 1. The minimum absolute atomic E-state index is 0.0109. The topological polar surface area (TPSA) is 81.5 Å². The molecule has 0 aliphatic rings. The first-order valence-electron chi connectivity index (χ1n) is 6.82. The van der Waals surface area contributed by atoms with Crippen molar-refractivity contribution in [2.24, 2.45) is 0 Å². The average molecular weight is 332 g/mol. The third kappa shape index (κ3) is 4.46. The highest BCUT2D eigenvalue weighted by Crippen LogP contribution is 2.26. The SMILES string of the molecule is COc1cccc(SCC(=O)Nc2cccc([N+](=O)[O-])c2C)c1. The number of carbonyl (C=O) groups excluding carboxylic acids is 1. The molecule has 0 fully saturated rings. The van der Waals surface area contributed by atoms with Gasteiger partial charge in [-0.2, -0.15) is 0 Å². The van der Waals surface area contributed by atoms with Gasteiger partial charge in [0, 0.05) is 11.0 Å². The van der Waals surface area contributed by atoms with Crippen molar-refractivity contribution in [3.8, 4) is 5.75 Å². The second kappa shape index (κ2) is 7.64. The maximum atomic E-state index is 12.0. The Morgan fingerprint density at radius 2 is 2.04 bits per heavy atom. The van der Waals surface area contributed by atoms with Crippen molar-refractivity contribution >= 4 is 29.0 Å². The zero-order chi connectivity index (χ0) is 16.8. The fourth-order valence-electron chi connectivity index (χ4n) is 1.98. The molecule has 0 saturated heterocycles. The summed E-state index contributed by atoms with van der Waals surface area (Å²) in [6.45, 7) is 1.61. The Labute approximate surface area is 138 Å². The van der Waals surface area contributed by atoms with Crippen LogP contribution >= 0.6 is 11.8 Å². The van der Waals surface area contributed by atoms with Crippen LogP contribution in [-0.2, 0) is 4.79 Å². The lowest BCUT2D eigenvalue weighted by molar-refractivity contribution is -0.385. The van der Waals surface area contributed by atoms with Gasteiger partial charge in [0.05, 0.1) is 29.0 Å². The van der Waals surface area contributed by atoms with Crippen LogP contribution in [0.3, 0.4) is 0 Å². The highest BCUT2D eigenvalue weighted by atomic mass is 32.2. The van der Waals surface area contributed by atoms with Crippen LogP contribution in [0.2, 0.25) is 0 Å². The van der Waals surface area contributed by atoms with Gasteiger partial charge in [-0.05, 0) is 31.2 Å². The van der Waals surface area contributed by atoms with Crippen LogP contribution in [0.1, 0.15) is 5.56 Å². The smallest absolute Gasteiger partial charge is 0.274 e. The summed E-state index contributed by atoms with van der Waals surface area (Å²) in [5, 5.41) is 13.6. The first-order chi connectivity index (χ1) is 11.0. The highest BCUT2D eigenvalue weighted by Gasteiger charge is 2.14. The molecule has 2 aromatic carbocycles. The molecule has 0 spiro atoms. The number of nitrogens with zero attached hydrogens (tertiary/aromatic N) is 1. The predicted molar refractivity (Wildman–Crippen MR) is 90.2 cm³/mol. The van der Waals surface area contributed by atoms with Crippen LogP contribution in [0.4, 0.5) is 11.4 Å². The molecule has 1 amide bonds. The summed E-state index contributed by atoms with van der Waals surface area (Å²) in [5.74, 6) is 0.710. The van der Waals surface area contributed by atoms with Gasteiger partial charge in [-0.15, -0.1) is 11.8 Å². The van der Waals surface area contributed by atoms with Crippen molar-refractivity contribution in [2.75, 3.05) is 18.2 Å². The summed E-state index contributed by atoms with van der Waals surface area (Å²) in [4.78, 5) is 23.4. The van der Waals surface area contributed by atoms with E-state index in [1.165, 1.54) is 17.8 Å². The number of benzene rings is 2. The molecule has 120 valence electrons. The molecule has 7 heteroatoms. The van der Waals surface area contributed by atoms with Gasteiger partial charge in [-0.3, -0.25) is 14.9 Å². The van der Waals surface area contributed by atoms with E-state index in [2.05, 4.69) is 5.32 Å². The molecule has 0 aromatic heterocycles. The summed E-state index contributed by atoms with van der Waals surface area (Å²) in [6, 6.07) is 12.0. The number of nitrogens with one attached hydrogen (secondary N) is 1. The minimum Gasteiger partial charge on any atom is -0.497 e. The Morgan fingerprint density at radius 1 is 1.30 bits per heavy atom. The lowest BCUT2D eigenvalue weighted by Crippen LogP contribution is -2.15. The number of rotatable bonds is 6. The third-order valence-corrected chi connectivity index (χ3v) is 4.18. The molecule has 0 unspecified atom stereocenters. The van der Waals surface area contributed by atoms with E-state index in [0.29, 0.717) is 11.3 Å². The van der Waals surface area contributed by atoms with Crippen LogP contribution in [0.15, 0.2) is 47.4 Å². The fraction of sp³-hybridized carbons (Fsp3) is 0.188. The zero-order valence-electron chi connectivity index (χ0n) is 12.7. The summed E-state index contributed by atoms with van der Waals surface area (Å²) in [5.41, 5.74) is 0.885. The maximum Gasteiger partial charge on any atom is 0.274 e. The van der Waals surface area contributed by atoms with Gasteiger partial charge < -0.3 is 10.1 Å². The Morgan fingerprint density at radius 3 is 2.74 bits per heavy atom. The first kappa shape index (κ1) is 16.8. The number of anilines is 1. The second-order valence-electron chi connectivity index (χ2n) is 4.72. The Balaban J connectivity index is 2.00. The molecule has 0 saturated carbocycles. The number of methoxy groups -OCH3 is 1. The molecule has 0 radical (unpaired) electrons. The van der Waals surface area contributed by atoms with Crippen molar-refractivity contribution in [3.63, 3.8) is 0 Å². The third-order valence-electron chi connectivity index (χ3n) is 3.19. The van der Waals surface area contributed by atoms with Gasteiger partial charge in [-0.1, -0.05) is 12.1 Å². The van der Waals surface area contributed by atoms with E-state index in [4.69, 9.17) is 4.74 Å². The highest BCUT2D eigenvalue weighted by molar-refractivity contribution is 8.00. The summed E-state index contributed by atoms with van der Waals surface area (Å²) in [7, 11) is 1.58. The van der Waals surface area contributed by atoms with Crippen molar-refractivity contribution in [1.29, 1.82) is 0 Å². The molecular formula is C16H16N2O4S. The van der Waals surface area contributed by atoms with E-state index in [1.54, 1.807) is 26.2 Å². The molecule has 6 nitrogen and oxygen atoms in total. The van der Waals surface area contributed by atoms with E-state index in [1.807, 2.05) is 24.3 Å².